The first kappa shape index (κ1) is 12.1. The van der Waals surface area contributed by atoms with E-state index in [-0.39, 0.29) is 11.4 Å². The Morgan fingerprint density at radius 3 is 2.65 bits per heavy atom. The van der Waals surface area contributed by atoms with Gasteiger partial charge in [0.2, 0.25) is 0 Å². The summed E-state index contributed by atoms with van der Waals surface area (Å²) in [4.78, 5) is 0.915. The first-order valence-corrected chi connectivity index (χ1v) is 5.99. The summed E-state index contributed by atoms with van der Waals surface area (Å²) in [5, 5.41) is 2.76. The van der Waals surface area contributed by atoms with Crippen molar-refractivity contribution in [2.24, 2.45) is 0 Å². The number of hydrogen-bond donors (Lipinski definition) is 2. The number of hydrogen-bond acceptors (Lipinski definition) is 3. The number of nitrogens with one attached hydrogen (secondary N) is 1. The molecule has 2 nitrogen and oxygen atoms in total. The Bertz CT molecular complexity index is 542. The molecule has 17 heavy (non-hydrogen) atoms. The summed E-state index contributed by atoms with van der Waals surface area (Å²) in [5.41, 5.74) is 5.72. The molecule has 0 fully saturated rings. The van der Waals surface area contributed by atoms with E-state index in [0.29, 0.717) is 10.9 Å². The summed E-state index contributed by atoms with van der Waals surface area (Å²) in [6.07, 6.45) is 0. The second kappa shape index (κ2) is 4.89. The summed E-state index contributed by atoms with van der Waals surface area (Å²) in [6.45, 7) is 0.349. The summed E-state index contributed by atoms with van der Waals surface area (Å²) in [5.74, 6) is -1.89. The van der Waals surface area contributed by atoms with E-state index in [0.717, 1.165) is 10.9 Å². The summed E-state index contributed by atoms with van der Waals surface area (Å²) < 4.78 is 27.1. The molecular weight excluding hydrogens is 266 g/mol. The SMILES string of the molecule is Nc1ccc(F)c(F)c1NCc1ccc(Cl)s1. The van der Waals surface area contributed by atoms with Gasteiger partial charge >= 0.3 is 0 Å². The molecule has 2 rings (SSSR count). The van der Waals surface area contributed by atoms with Gasteiger partial charge in [0.1, 0.15) is 0 Å². The van der Waals surface area contributed by atoms with E-state index in [9.17, 15) is 8.78 Å². The van der Waals surface area contributed by atoms with Gasteiger partial charge in [0.25, 0.3) is 0 Å². The molecule has 0 spiro atoms. The zero-order chi connectivity index (χ0) is 12.4. The predicted octanol–water partition coefficient (Wildman–Crippen LogP) is 3.87. The van der Waals surface area contributed by atoms with E-state index in [2.05, 4.69) is 5.32 Å². The lowest BCUT2D eigenvalue weighted by molar-refractivity contribution is 0.511. The van der Waals surface area contributed by atoms with Gasteiger partial charge in [-0.25, -0.2) is 8.78 Å². The molecule has 90 valence electrons. The maximum atomic E-state index is 13.4. The zero-order valence-corrected chi connectivity index (χ0v) is 10.2. The average molecular weight is 275 g/mol. The fourth-order valence-electron chi connectivity index (χ4n) is 1.37. The first-order chi connectivity index (χ1) is 8.08. The van der Waals surface area contributed by atoms with Gasteiger partial charge in [0.15, 0.2) is 11.6 Å². The number of thiophene rings is 1. The monoisotopic (exact) mass is 274 g/mol. The third-order valence-corrected chi connectivity index (χ3v) is 3.43. The standard InChI is InChI=1S/C11H9ClF2N2S/c12-9-4-1-6(17-9)5-16-11-8(15)3-2-7(13)10(11)14/h1-4,16H,5,15H2. The molecule has 0 amide bonds. The van der Waals surface area contributed by atoms with E-state index in [1.54, 1.807) is 6.07 Å². The van der Waals surface area contributed by atoms with E-state index >= 15 is 0 Å². The Balaban J connectivity index is 2.16. The second-order valence-corrected chi connectivity index (χ2v) is 5.18. The van der Waals surface area contributed by atoms with Gasteiger partial charge in [-0.2, -0.15) is 0 Å². The molecule has 0 aliphatic carbocycles. The molecule has 0 atom stereocenters. The Morgan fingerprint density at radius 1 is 1.24 bits per heavy atom. The Kier molecular flexibility index (Phi) is 3.49. The number of rotatable bonds is 3. The van der Waals surface area contributed by atoms with Crippen molar-refractivity contribution in [3.8, 4) is 0 Å². The van der Waals surface area contributed by atoms with Gasteiger partial charge in [-0.3, -0.25) is 0 Å². The first-order valence-electron chi connectivity index (χ1n) is 4.79. The second-order valence-electron chi connectivity index (χ2n) is 3.38. The van der Waals surface area contributed by atoms with E-state index < -0.39 is 11.6 Å². The van der Waals surface area contributed by atoms with Crippen LogP contribution in [0.5, 0.6) is 0 Å². The highest BCUT2D eigenvalue weighted by Gasteiger charge is 2.11. The Hall–Kier alpha value is -1.33. The third-order valence-electron chi connectivity index (χ3n) is 2.20. The lowest BCUT2D eigenvalue weighted by Crippen LogP contribution is -2.05. The van der Waals surface area contributed by atoms with Gasteiger partial charge in [-0.05, 0) is 24.3 Å². The Morgan fingerprint density at radius 2 is 2.00 bits per heavy atom. The van der Waals surface area contributed by atoms with Crippen molar-refractivity contribution in [1.82, 2.24) is 0 Å². The smallest absolute Gasteiger partial charge is 0.183 e. The van der Waals surface area contributed by atoms with E-state index in [1.807, 2.05) is 6.07 Å². The number of halogens is 3. The van der Waals surface area contributed by atoms with Crippen LogP contribution in [-0.4, -0.2) is 0 Å². The molecule has 0 unspecified atom stereocenters. The van der Waals surface area contributed by atoms with Crippen LogP contribution in [-0.2, 0) is 6.54 Å². The number of nitrogens with two attached hydrogens (primary N) is 1. The Labute approximate surface area is 106 Å². The molecule has 1 heterocycles. The summed E-state index contributed by atoms with van der Waals surface area (Å²) in [7, 11) is 0. The van der Waals surface area contributed by atoms with Crippen LogP contribution in [0.3, 0.4) is 0 Å². The van der Waals surface area contributed by atoms with Crippen molar-refractivity contribution in [2.75, 3.05) is 11.1 Å². The largest absolute Gasteiger partial charge is 0.397 e. The number of nitrogen functional groups attached to an aromatic ring is 1. The van der Waals surface area contributed by atoms with Crippen LogP contribution in [0, 0.1) is 11.6 Å². The van der Waals surface area contributed by atoms with Crippen molar-refractivity contribution in [2.45, 2.75) is 6.54 Å². The normalized spacial score (nSPS) is 10.5. The summed E-state index contributed by atoms with van der Waals surface area (Å²) >= 11 is 7.13. The predicted molar refractivity (Wildman–Crippen MR) is 67.4 cm³/mol. The minimum absolute atomic E-state index is 0.0190. The van der Waals surface area contributed by atoms with Gasteiger partial charge in [-0.15, -0.1) is 11.3 Å². The fraction of sp³-hybridized carbons (Fsp3) is 0.0909. The fourth-order valence-corrected chi connectivity index (χ4v) is 2.39. The van der Waals surface area contributed by atoms with Crippen molar-refractivity contribution >= 4 is 34.3 Å². The molecule has 6 heteroatoms. The van der Waals surface area contributed by atoms with Gasteiger partial charge in [-0.1, -0.05) is 11.6 Å². The highest BCUT2D eigenvalue weighted by Crippen LogP contribution is 2.27. The molecule has 0 aliphatic heterocycles. The molecule has 1 aromatic carbocycles. The van der Waals surface area contributed by atoms with E-state index in [4.69, 9.17) is 17.3 Å². The molecule has 1 aromatic heterocycles. The highest BCUT2D eigenvalue weighted by atomic mass is 35.5. The van der Waals surface area contributed by atoms with Gasteiger partial charge in [0, 0.05) is 11.4 Å². The molecule has 0 aliphatic rings. The average Bonchev–Trinajstić information content (AvgIpc) is 2.70. The van der Waals surface area contributed by atoms with Crippen LogP contribution < -0.4 is 11.1 Å². The molecule has 3 N–H and O–H groups in total. The third kappa shape index (κ3) is 2.68. The molecule has 0 radical (unpaired) electrons. The van der Waals surface area contributed by atoms with Crippen molar-refractivity contribution in [3.05, 3.63) is 45.1 Å². The van der Waals surface area contributed by atoms with Crippen LogP contribution in [0.1, 0.15) is 4.88 Å². The van der Waals surface area contributed by atoms with Crippen LogP contribution in [0.25, 0.3) is 0 Å². The molecule has 0 bridgehead atoms. The number of benzene rings is 1. The zero-order valence-electron chi connectivity index (χ0n) is 8.64. The quantitative estimate of drug-likeness (QED) is 0.834. The maximum Gasteiger partial charge on any atom is 0.183 e. The minimum atomic E-state index is -0.965. The molecule has 0 saturated heterocycles. The van der Waals surface area contributed by atoms with Crippen molar-refractivity contribution in [1.29, 1.82) is 0 Å². The lowest BCUT2D eigenvalue weighted by Gasteiger charge is -2.09. The highest BCUT2D eigenvalue weighted by molar-refractivity contribution is 7.16. The molecule has 0 saturated carbocycles. The van der Waals surface area contributed by atoms with Crippen LogP contribution in [0.4, 0.5) is 20.2 Å². The minimum Gasteiger partial charge on any atom is -0.397 e. The lowest BCUT2D eigenvalue weighted by atomic mass is 10.2. The van der Waals surface area contributed by atoms with Crippen molar-refractivity contribution < 1.29 is 8.78 Å². The van der Waals surface area contributed by atoms with Crippen LogP contribution in [0.15, 0.2) is 24.3 Å². The van der Waals surface area contributed by atoms with Crippen molar-refractivity contribution in [3.63, 3.8) is 0 Å². The van der Waals surface area contributed by atoms with E-state index in [1.165, 1.54) is 17.4 Å². The van der Waals surface area contributed by atoms with Crippen LogP contribution in [0.2, 0.25) is 4.34 Å². The molecular formula is C11H9ClF2N2S. The maximum absolute atomic E-state index is 13.4. The summed E-state index contributed by atoms with van der Waals surface area (Å²) in [6, 6.07) is 5.88. The number of anilines is 2. The van der Waals surface area contributed by atoms with Crippen LogP contribution >= 0.6 is 22.9 Å². The molecule has 2 aromatic rings. The van der Waals surface area contributed by atoms with Gasteiger partial charge in [0.05, 0.1) is 15.7 Å². The topological polar surface area (TPSA) is 38.0 Å². The van der Waals surface area contributed by atoms with Gasteiger partial charge < -0.3 is 11.1 Å².